The molecule has 1 aromatic carbocycles. The minimum Gasteiger partial charge on any atom is -0.396 e. The first-order chi connectivity index (χ1) is 8.35. The fraction of sp³-hybridized carbons (Fsp3) is 0.462. The summed E-state index contributed by atoms with van der Waals surface area (Å²) in [6.45, 7) is 4.66. The van der Waals surface area contributed by atoms with E-state index in [0.29, 0.717) is 23.6 Å². The van der Waals surface area contributed by atoms with Crippen molar-refractivity contribution in [1.82, 2.24) is 5.32 Å². The van der Waals surface area contributed by atoms with Crippen LogP contribution in [0.25, 0.3) is 0 Å². The summed E-state index contributed by atoms with van der Waals surface area (Å²) >= 11 is 8.10. The Hall–Kier alpha value is -0.330. The molecule has 0 radical (unpaired) electrons. The molecule has 0 bridgehead atoms. The van der Waals surface area contributed by atoms with Crippen LogP contribution in [-0.4, -0.2) is 24.2 Å². The molecule has 100 valence electrons. The van der Waals surface area contributed by atoms with Gasteiger partial charge < -0.3 is 10.4 Å². The first-order valence-corrected chi connectivity index (χ1v) is 7.15. The molecule has 1 amide bonds. The van der Waals surface area contributed by atoms with E-state index >= 15 is 0 Å². The summed E-state index contributed by atoms with van der Waals surface area (Å²) in [5.41, 5.74) is 0.442. The van der Waals surface area contributed by atoms with Crippen molar-refractivity contribution in [1.29, 1.82) is 0 Å². The number of nitrogens with one attached hydrogen (secondary N) is 1. The molecule has 0 saturated heterocycles. The van der Waals surface area contributed by atoms with Crippen molar-refractivity contribution in [3.63, 3.8) is 0 Å². The number of hydrogen-bond acceptors (Lipinski definition) is 2. The summed E-state index contributed by atoms with van der Waals surface area (Å²) in [4.78, 5) is 11.9. The Morgan fingerprint density at radius 1 is 1.50 bits per heavy atom. The van der Waals surface area contributed by atoms with Crippen LogP contribution < -0.4 is 5.32 Å². The third-order valence-electron chi connectivity index (χ3n) is 2.70. The Kier molecular flexibility index (Phi) is 5.88. The highest BCUT2D eigenvalue weighted by Crippen LogP contribution is 2.21. The lowest BCUT2D eigenvalue weighted by Gasteiger charge is -2.23. The molecule has 0 heterocycles. The second-order valence-corrected chi connectivity index (χ2v) is 6.52. The van der Waals surface area contributed by atoms with Gasteiger partial charge in [0.15, 0.2) is 0 Å². The maximum Gasteiger partial charge on any atom is 0.251 e. The number of hydrogen-bond donors (Lipinski definition) is 2. The summed E-state index contributed by atoms with van der Waals surface area (Å²) in [5, 5.41) is 12.4. The minimum absolute atomic E-state index is 0.114. The molecule has 0 aliphatic carbocycles. The van der Waals surface area contributed by atoms with Crippen molar-refractivity contribution in [2.75, 3.05) is 13.2 Å². The summed E-state index contributed by atoms with van der Waals surface area (Å²) in [7, 11) is 0. The monoisotopic (exact) mass is 381 g/mol. The molecule has 18 heavy (non-hydrogen) atoms. The highest BCUT2D eigenvalue weighted by atomic mass is 127. The standard InChI is InChI=1S/C13H17ClINO2/c1-13(2,5-6-17)8-16-12(18)9-3-4-11(15)10(14)7-9/h3-4,7,17H,5-6,8H2,1-2H3,(H,16,18). The Balaban J connectivity index is 2.63. The Bertz CT molecular complexity index is 435. The van der Waals surface area contributed by atoms with Gasteiger partial charge >= 0.3 is 0 Å². The van der Waals surface area contributed by atoms with Gasteiger partial charge in [-0.05, 0) is 52.6 Å². The topological polar surface area (TPSA) is 49.3 Å². The molecule has 0 atom stereocenters. The van der Waals surface area contributed by atoms with Crippen LogP contribution in [0.4, 0.5) is 0 Å². The lowest BCUT2D eigenvalue weighted by molar-refractivity contribution is 0.0928. The zero-order valence-corrected chi connectivity index (χ0v) is 13.4. The second kappa shape index (κ2) is 6.73. The van der Waals surface area contributed by atoms with Gasteiger partial charge in [0.25, 0.3) is 5.91 Å². The van der Waals surface area contributed by atoms with E-state index in [4.69, 9.17) is 16.7 Å². The molecule has 0 fully saturated rings. The lowest BCUT2D eigenvalue weighted by Crippen LogP contribution is -2.34. The van der Waals surface area contributed by atoms with Crippen molar-refractivity contribution >= 4 is 40.1 Å². The zero-order valence-electron chi connectivity index (χ0n) is 10.5. The summed E-state index contributed by atoms with van der Waals surface area (Å²) in [5.74, 6) is -0.140. The van der Waals surface area contributed by atoms with Crippen molar-refractivity contribution < 1.29 is 9.90 Å². The summed E-state index contributed by atoms with van der Waals surface area (Å²) in [6, 6.07) is 5.23. The van der Waals surface area contributed by atoms with Gasteiger partial charge in [-0.2, -0.15) is 0 Å². The maximum absolute atomic E-state index is 11.9. The van der Waals surface area contributed by atoms with Crippen molar-refractivity contribution in [2.45, 2.75) is 20.3 Å². The van der Waals surface area contributed by atoms with Crippen LogP contribution in [0.5, 0.6) is 0 Å². The van der Waals surface area contributed by atoms with Crippen molar-refractivity contribution in [3.8, 4) is 0 Å². The van der Waals surface area contributed by atoms with Crippen LogP contribution in [0.2, 0.25) is 5.02 Å². The Morgan fingerprint density at radius 3 is 2.72 bits per heavy atom. The quantitative estimate of drug-likeness (QED) is 0.770. The molecule has 5 heteroatoms. The predicted molar refractivity (Wildman–Crippen MR) is 82.0 cm³/mol. The van der Waals surface area contributed by atoms with Gasteiger partial charge in [-0.15, -0.1) is 0 Å². The SMILES string of the molecule is CC(C)(CCO)CNC(=O)c1ccc(I)c(Cl)c1. The van der Waals surface area contributed by atoms with E-state index in [0.717, 1.165) is 3.57 Å². The molecule has 3 nitrogen and oxygen atoms in total. The van der Waals surface area contributed by atoms with Gasteiger partial charge in [0.1, 0.15) is 0 Å². The Labute approximate surface area is 126 Å². The normalized spacial score (nSPS) is 11.4. The number of carbonyl (C=O) groups excluding carboxylic acids is 1. The van der Waals surface area contributed by atoms with Gasteiger partial charge in [0, 0.05) is 22.3 Å². The van der Waals surface area contributed by atoms with Crippen LogP contribution in [0.15, 0.2) is 18.2 Å². The second-order valence-electron chi connectivity index (χ2n) is 4.95. The van der Waals surface area contributed by atoms with Crippen LogP contribution >= 0.6 is 34.2 Å². The summed E-state index contributed by atoms with van der Waals surface area (Å²) in [6.07, 6.45) is 0.653. The molecule has 0 saturated carbocycles. The van der Waals surface area contributed by atoms with Gasteiger partial charge in [0.2, 0.25) is 0 Å². The Morgan fingerprint density at radius 2 is 2.17 bits per heavy atom. The lowest BCUT2D eigenvalue weighted by atomic mass is 9.89. The summed E-state index contributed by atoms with van der Waals surface area (Å²) < 4.78 is 0.923. The average Bonchev–Trinajstić information content (AvgIpc) is 2.30. The number of carbonyl (C=O) groups is 1. The third kappa shape index (κ3) is 4.74. The van der Waals surface area contributed by atoms with Crippen LogP contribution in [0.3, 0.4) is 0 Å². The first kappa shape index (κ1) is 15.7. The maximum atomic E-state index is 11.9. The number of benzene rings is 1. The smallest absolute Gasteiger partial charge is 0.251 e. The molecule has 1 rings (SSSR count). The van der Waals surface area contributed by atoms with E-state index in [1.165, 1.54) is 0 Å². The fourth-order valence-electron chi connectivity index (χ4n) is 1.45. The van der Waals surface area contributed by atoms with Gasteiger partial charge in [0.05, 0.1) is 5.02 Å². The van der Waals surface area contributed by atoms with E-state index in [-0.39, 0.29) is 17.9 Å². The fourth-order valence-corrected chi connectivity index (χ4v) is 1.97. The minimum atomic E-state index is -0.140. The van der Waals surface area contributed by atoms with E-state index in [2.05, 4.69) is 27.9 Å². The molecule has 2 N–H and O–H groups in total. The number of halogens is 2. The van der Waals surface area contributed by atoms with Crippen molar-refractivity contribution in [2.24, 2.45) is 5.41 Å². The largest absolute Gasteiger partial charge is 0.396 e. The highest BCUT2D eigenvalue weighted by Gasteiger charge is 2.18. The molecule has 0 aliphatic rings. The predicted octanol–water partition coefficient (Wildman–Crippen LogP) is 3.08. The average molecular weight is 382 g/mol. The van der Waals surface area contributed by atoms with Gasteiger partial charge in [-0.1, -0.05) is 25.4 Å². The number of aliphatic hydroxyl groups is 1. The third-order valence-corrected chi connectivity index (χ3v) is 4.27. The van der Waals surface area contributed by atoms with E-state index in [1.54, 1.807) is 12.1 Å². The van der Waals surface area contributed by atoms with Gasteiger partial charge in [-0.25, -0.2) is 0 Å². The number of rotatable bonds is 5. The molecule has 0 aliphatic heterocycles. The van der Waals surface area contributed by atoms with E-state index in [9.17, 15) is 4.79 Å². The zero-order chi connectivity index (χ0) is 13.8. The first-order valence-electron chi connectivity index (χ1n) is 5.70. The number of aliphatic hydroxyl groups excluding tert-OH is 1. The van der Waals surface area contributed by atoms with Crippen molar-refractivity contribution in [3.05, 3.63) is 32.4 Å². The van der Waals surface area contributed by atoms with Gasteiger partial charge in [-0.3, -0.25) is 4.79 Å². The van der Waals surface area contributed by atoms with Crippen LogP contribution in [0.1, 0.15) is 30.6 Å². The molecular weight excluding hydrogens is 365 g/mol. The molecule has 1 aromatic rings. The van der Waals surface area contributed by atoms with E-state index in [1.807, 2.05) is 19.9 Å². The number of amides is 1. The molecule has 0 spiro atoms. The highest BCUT2D eigenvalue weighted by molar-refractivity contribution is 14.1. The van der Waals surface area contributed by atoms with Crippen LogP contribution in [-0.2, 0) is 0 Å². The molecule has 0 aromatic heterocycles. The van der Waals surface area contributed by atoms with Crippen LogP contribution in [0, 0.1) is 8.99 Å². The van der Waals surface area contributed by atoms with E-state index < -0.39 is 0 Å². The molecule has 0 unspecified atom stereocenters. The molecular formula is C13H17ClINO2.